The molecular formula is C24H32IN5. The van der Waals surface area contributed by atoms with Gasteiger partial charge in [0.1, 0.15) is 0 Å². The molecule has 1 atom stereocenters. The third-order valence-corrected chi connectivity index (χ3v) is 5.69. The van der Waals surface area contributed by atoms with Crippen LogP contribution in [0.3, 0.4) is 0 Å². The van der Waals surface area contributed by atoms with Crippen LogP contribution in [0.2, 0.25) is 0 Å². The van der Waals surface area contributed by atoms with Gasteiger partial charge in [-0.1, -0.05) is 30.3 Å². The molecule has 0 aliphatic carbocycles. The van der Waals surface area contributed by atoms with Crippen LogP contribution in [0.5, 0.6) is 0 Å². The lowest BCUT2D eigenvalue weighted by molar-refractivity contribution is 0.683. The van der Waals surface area contributed by atoms with Crippen molar-refractivity contribution in [2.24, 2.45) is 4.99 Å². The first-order chi connectivity index (χ1) is 14.2. The van der Waals surface area contributed by atoms with E-state index in [9.17, 15) is 0 Å². The Morgan fingerprint density at radius 2 is 1.90 bits per heavy atom. The summed E-state index contributed by atoms with van der Waals surface area (Å²) in [6.45, 7) is 5.35. The van der Waals surface area contributed by atoms with Crippen LogP contribution in [-0.2, 0) is 6.42 Å². The number of nitrogens with zero attached hydrogens (tertiary/aromatic N) is 2. The summed E-state index contributed by atoms with van der Waals surface area (Å²) in [5, 5.41) is 8.23. The molecule has 5 nitrogen and oxygen atoms in total. The van der Waals surface area contributed by atoms with Crippen molar-refractivity contribution < 1.29 is 0 Å². The van der Waals surface area contributed by atoms with Gasteiger partial charge in [-0.05, 0) is 55.0 Å². The van der Waals surface area contributed by atoms with E-state index >= 15 is 0 Å². The first-order valence-electron chi connectivity index (χ1n) is 10.6. The van der Waals surface area contributed by atoms with Gasteiger partial charge in [-0.3, -0.25) is 4.99 Å². The Morgan fingerprint density at radius 1 is 1.10 bits per heavy atom. The van der Waals surface area contributed by atoms with E-state index in [1.807, 2.05) is 7.05 Å². The number of halogens is 1. The Morgan fingerprint density at radius 3 is 2.67 bits per heavy atom. The fourth-order valence-corrected chi connectivity index (χ4v) is 4.03. The van der Waals surface area contributed by atoms with Crippen LogP contribution < -0.4 is 15.5 Å². The maximum absolute atomic E-state index is 4.40. The molecule has 1 unspecified atom stereocenters. The Labute approximate surface area is 196 Å². The topological polar surface area (TPSA) is 55.5 Å². The molecule has 4 rings (SSSR count). The Hall–Kier alpha value is -2.22. The van der Waals surface area contributed by atoms with E-state index in [0.29, 0.717) is 0 Å². The molecule has 2 heterocycles. The standard InChI is InChI=1S/C24H31N5.HI/c1-18(19-9-7-10-22(17-19)29-14-5-6-15-29)27-24(25-2)26-13-12-21-16-20-8-3-4-11-23(20)28-21;/h3-4,7-11,16-18,28H,5-6,12-15H2,1-2H3,(H2,25,26,27);1H. The summed E-state index contributed by atoms with van der Waals surface area (Å²) in [5.74, 6) is 0.834. The highest BCUT2D eigenvalue weighted by Crippen LogP contribution is 2.24. The van der Waals surface area contributed by atoms with Crippen LogP contribution in [-0.4, -0.2) is 37.6 Å². The molecule has 0 saturated carbocycles. The summed E-state index contributed by atoms with van der Waals surface area (Å²) < 4.78 is 0. The fraction of sp³-hybridized carbons (Fsp3) is 0.375. The van der Waals surface area contributed by atoms with Crippen LogP contribution in [0.4, 0.5) is 5.69 Å². The molecule has 2 aromatic carbocycles. The van der Waals surface area contributed by atoms with Gasteiger partial charge in [-0.25, -0.2) is 0 Å². The largest absolute Gasteiger partial charge is 0.372 e. The molecule has 1 saturated heterocycles. The zero-order chi connectivity index (χ0) is 20.1. The Bertz CT molecular complexity index is 941. The molecule has 160 valence electrons. The summed E-state index contributed by atoms with van der Waals surface area (Å²) in [6, 6.07) is 19.7. The van der Waals surface area contributed by atoms with Crippen LogP contribution in [0.15, 0.2) is 59.6 Å². The Balaban J connectivity index is 0.00000256. The molecule has 1 fully saturated rings. The maximum Gasteiger partial charge on any atom is 0.191 e. The highest BCUT2D eigenvalue weighted by Gasteiger charge is 2.14. The highest BCUT2D eigenvalue weighted by molar-refractivity contribution is 14.0. The highest BCUT2D eigenvalue weighted by atomic mass is 127. The van der Waals surface area contributed by atoms with Crippen LogP contribution in [0.25, 0.3) is 10.9 Å². The number of H-pyrrole nitrogens is 1. The number of anilines is 1. The molecule has 1 aliphatic heterocycles. The average Bonchev–Trinajstić information content (AvgIpc) is 3.42. The predicted molar refractivity (Wildman–Crippen MR) is 138 cm³/mol. The minimum Gasteiger partial charge on any atom is -0.372 e. The van der Waals surface area contributed by atoms with Crippen molar-refractivity contribution in [2.75, 3.05) is 31.6 Å². The molecular weight excluding hydrogens is 485 g/mol. The van der Waals surface area contributed by atoms with Crippen molar-refractivity contribution in [3.8, 4) is 0 Å². The van der Waals surface area contributed by atoms with Crippen molar-refractivity contribution in [1.82, 2.24) is 15.6 Å². The minimum absolute atomic E-state index is 0. The molecule has 1 aliphatic rings. The normalized spacial score (nSPS) is 15.1. The van der Waals surface area contributed by atoms with Gasteiger partial charge >= 0.3 is 0 Å². The summed E-state index contributed by atoms with van der Waals surface area (Å²) in [6.07, 6.45) is 3.52. The van der Waals surface area contributed by atoms with Gasteiger partial charge in [0.2, 0.25) is 0 Å². The molecule has 1 aromatic heterocycles. The van der Waals surface area contributed by atoms with Crippen molar-refractivity contribution in [2.45, 2.75) is 32.2 Å². The molecule has 3 N–H and O–H groups in total. The van der Waals surface area contributed by atoms with Crippen molar-refractivity contribution >= 4 is 46.5 Å². The lowest BCUT2D eigenvalue weighted by atomic mass is 10.1. The fourth-order valence-electron chi connectivity index (χ4n) is 4.03. The summed E-state index contributed by atoms with van der Waals surface area (Å²) in [5.41, 5.74) is 5.04. The number of guanidine groups is 1. The second-order valence-electron chi connectivity index (χ2n) is 7.79. The van der Waals surface area contributed by atoms with Gasteiger partial charge in [0.25, 0.3) is 0 Å². The SMILES string of the molecule is CN=C(NCCc1cc2ccccc2[nH]1)NC(C)c1cccc(N2CCCC2)c1.I. The summed E-state index contributed by atoms with van der Waals surface area (Å²) in [7, 11) is 1.83. The minimum atomic E-state index is 0. The number of aliphatic imine (C=N–C) groups is 1. The van der Waals surface area contributed by atoms with Crippen molar-refractivity contribution in [3.05, 3.63) is 65.9 Å². The summed E-state index contributed by atoms with van der Waals surface area (Å²) in [4.78, 5) is 10.4. The van der Waals surface area contributed by atoms with E-state index in [-0.39, 0.29) is 30.0 Å². The van der Waals surface area contributed by atoms with Crippen LogP contribution in [0, 0.1) is 0 Å². The van der Waals surface area contributed by atoms with Crippen LogP contribution in [0.1, 0.15) is 37.1 Å². The summed E-state index contributed by atoms with van der Waals surface area (Å²) >= 11 is 0. The monoisotopic (exact) mass is 517 g/mol. The second kappa shape index (κ2) is 10.7. The van der Waals surface area contributed by atoms with Crippen LogP contribution >= 0.6 is 24.0 Å². The molecule has 0 radical (unpaired) electrons. The number of hydrogen-bond acceptors (Lipinski definition) is 2. The average molecular weight is 517 g/mol. The predicted octanol–water partition coefficient (Wildman–Crippen LogP) is 4.85. The molecule has 0 amide bonds. The van der Waals surface area contributed by atoms with Gasteiger partial charge in [0, 0.05) is 50.0 Å². The van der Waals surface area contributed by atoms with Gasteiger partial charge < -0.3 is 20.5 Å². The number of aromatic amines is 1. The zero-order valence-electron chi connectivity index (χ0n) is 17.8. The van der Waals surface area contributed by atoms with Gasteiger partial charge in [0.05, 0.1) is 6.04 Å². The lowest BCUT2D eigenvalue weighted by Crippen LogP contribution is -2.39. The number of fused-ring (bicyclic) bond motifs is 1. The van der Waals surface area contributed by atoms with Gasteiger partial charge in [-0.15, -0.1) is 24.0 Å². The third-order valence-electron chi connectivity index (χ3n) is 5.69. The number of hydrogen-bond donors (Lipinski definition) is 3. The van der Waals surface area contributed by atoms with Crippen molar-refractivity contribution in [1.29, 1.82) is 0 Å². The van der Waals surface area contributed by atoms with Gasteiger partial charge in [0.15, 0.2) is 5.96 Å². The number of benzene rings is 2. The van der Waals surface area contributed by atoms with E-state index in [2.05, 4.69) is 87.0 Å². The smallest absolute Gasteiger partial charge is 0.191 e. The van der Waals surface area contributed by atoms with E-state index in [1.54, 1.807) is 0 Å². The van der Waals surface area contributed by atoms with E-state index < -0.39 is 0 Å². The molecule has 6 heteroatoms. The number of nitrogens with one attached hydrogen (secondary N) is 3. The first-order valence-corrected chi connectivity index (χ1v) is 10.6. The lowest BCUT2D eigenvalue weighted by Gasteiger charge is -2.22. The zero-order valence-corrected chi connectivity index (χ0v) is 20.1. The van der Waals surface area contributed by atoms with E-state index in [1.165, 1.54) is 53.8 Å². The third kappa shape index (κ3) is 5.47. The number of rotatable bonds is 6. The van der Waals surface area contributed by atoms with Gasteiger partial charge in [-0.2, -0.15) is 0 Å². The maximum atomic E-state index is 4.40. The molecule has 3 aromatic rings. The second-order valence-corrected chi connectivity index (χ2v) is 7.79. The molecule has 0 spiro atoms. The number of aromatic nitrogens is 1. The number of para-hydroxylation sites is 1. The first kappa shape index (κ1) is 22.5. The molecule has 0 bridgehead atoms. The molecule has 30 heavy (non-hydrogen) atoms. The quantitative estimate of drug-likeness (QED) is 0.249. The van der Waals surface area contributed by atoms with E-state index in [4.69, 9.17) is 0 Å². The Kier molecular flexibility index (Phi) is 8.01. The van der Waals surface area contributed by atoms with Crippen molar-refractivity contribution in [3.63, 3.8) is 0 Å². The van der Waals surface area contributed by atoms with E-state index in [0.717, 1.165) is 18.9 Å².